The third-order valence-electron chi connectivity index (χ3n) is 2.28. The molecule has 2 aromatic carbocycles. The Morgan fingerprint density at radius 2 is 1.87 bits per heavy atom. The van der Waals surface area contributed by atoms with E-state index >= 15 is 0 Å². The summed E-state index contributed by atoms with van der Waals surface area (Å²) in [5, 5.41) is 0. The maximum Gasteiger partial charge on any atom is 0.131 e. The third-order valence-corrected chi connectivity index (χ3v) is 2.28. The first-order valence-electron chi connectivity index (χ1n) is 4.61. The average molecular weight is 203 g/mol. The van der Waals surface area contributed by atoms with Gasteiger partial charge in [0.25, 0.3) is 0 Å². The highest BCUT2D eigenvalue weighted by Gasteiger charge is 2.08. The molecular formula is C13H9F2. The van der Waals surface area contributed by atoms with Gasteiger partial charge in [0.1, 0.15) is 11.6 Å². The number of benzene rings is 2. The molecule has 0 amide bonds. The summed E-state index contributed by atoms with van der Waals surface area (Å²) < 4.78 is 26.4. The minimum atomic E-state index is -0.436. The van der Waals surface area contributed by atoms with Crippen molar-refractivity contribution in [2.45, 2.75) is 6.92 Å². The van der Waals surface area contributed by atoms with Crippen molar-refractivity contribution in [2.75, 3.05) is 0 Å². The molecule has 0 saturated heterocycles. The summed E-state index contributed by atoms with van der Waals surface area (Å²) >= 11 is 0. The maximum atomic E-state index is 13.5. The van der Waals surface area contributed by atoms with E-state index in [0.29, 0.717) is 5.56 Å². The molecule has 15 heavy (non-hydrogen) atoms. The van der Waals surface area contributed by atoms with Crippen LogP contribution >= 0.6 is 0 Å². The fraction of sp³-hybridized carbons (Fsp3) is 0.0769. The lowest BCUT2D eigenvalue weighted by Gasteiger charge is -2.06. The van der Waals surface area contributed by atoms with Gasteiger partial charge < -0.3 is 0 Å². The Balaban J connectivity index is 2.64. The van der Waals surface area contributed by atoms with Crippen LogP contribution in [0.25, 0.3) is 11.1 Å². The summed E-state index contributed by atoms with van der Waals surface area (Å²) in [6.07, 6.45) is 0. The molecule has 0 fully saturated rings. The van der Waals surface area contributed by atoms with Gasteiger partial charge >= 0.3 is 0 Å². The fourth-order valence-electron chi connectivity index (χ4n) is 1.52. The van der Waals surface area contributed by atoms with Crippen LogP contribution < -0.4 is 0 Å². The molecule has 0 N–H and O–H groups in total. The van der Waals surface area contributed by atoms with Gasteiger partial charge in [0.15, 0.2) is 0 Å². The van der Waals surface area contributed by atoms with E-state index < -0.39 is 11.6 Å². The van der Waals surface area contributed by atoms with E-state index in [9.17, 15) is 8.78 Å². The summed E-state index contributed by atoms with van der Waals surface area (Å²) in [4.78, 5) is 0. The second-order valence-electron chi connectivity index (χ2n) is 3.33. The van der Waals surface area contributed by atoms with Crippen LogP contribution in [-0.2, 0) is 0 Å². The summed E-state index contributed by atoms with van der Waals surface area (Å²) in [7, 11) is 0. The highest BCUT2D eigenvalue weighted by atomic mass is 19.1. The monoisotopic (exact) mass is 203 g/mol. The Kier molecular flexibility index (Phi) is 2.50. The molecule has 0 saturated carbocycles. The van der Waals surface area contributed by atoms with Crippen LogP contribution in [0.1, 0.15) is 5.56 Å². The normalized spacial score (nSPS) is 10.3. The van der Waals surface area contributed by atoms with Gasteiger partial charge in [-0.15, -0.1) is 0 Å². The number of hydrogen-bond acceptors (Lipinski definition) is 0. The molecule has 0 aromatic heterocycles. The van der Waals surface area contributed by atoms with E-state index in [1.54, 1.807) is 18.2 Å². The largest absolute Gasteiger partial charge is 0.207 e. The highest BCUT2D eigenvalue weighted by Crippen LogP contribution is 2.26. The third kappa shape index (κ3) is 1.89. The smallest absolute Gasteiger partial charge is 0.131 e. The van der Waals surface area contributed by atoms with Crippen LogP contribution in [0.3, 0.4) is 0 Å². The lowest BCUT2D eigenvalue weighted by atomic mass is 10.0. The van der Waals surface area contributed by atoms with Crippen molar-refractivity contribution >= 4 is 0 Å². The molecule has 0 aliphatic rings. The standard InChI is InChI=1S/C13H9F2/c1-9-4-2-3-5-11(9)12-8-10(14)6-7-13(12)15/h2-3,5-8H,1H3. The summed E-state index contributed by atoms with van der Waals surface area (Å²) in [6.45, 7) is 1.82. The van der Waals surface area contributed by atoms with Gasteiger partial charge in [-0.05, 0) is 42.3 Å². The lowest BCUT2D eigenvalue weighted by Crippen LogP contribution is -1.88. The molecule has 2 heteroatoms. The Morgan fingerprint density at radius 1 is 1.07 bits per heavy atom. The van der Waals surface area contributed by atoms with E-state index in [2.05, 4.69) is 6.07 Å². The van der Waals surface area contributed by atoms with Gasteiger partial charge in [-0.25, -0.2) is 8.78 Å². The lowest BCUT2D eigenvalue weighted by molar-refractivity contribution is 0.603. The van der Waals surface area contributed by atoms with Crippen LogP contribution in [0.4, 0.5) is 8.78 Å². The van der Waals surface area contributed by atoms with Crippen LogP contribution in [0, 0.1) is 24.6 Å². The molecule has 0 bridgehead atoms. The first kappa shape index (κ1) is 9.84. The van der Waals surface area contributed by atoms with Crippen molar-refractivity contribution in [2.24, 2.45) is 0 Å². The van der Waals surface area contributed by atoms with E-state index in [-0.39, 0.29) is 5.56 Å². The van der Waals surface area contributed by atoms with Crippen molar-refractivity contribution in [3.8, 4) is 11.1 Å². The Bertz CT molecular complexity index is 490. The zero-order chi connectivity index (χ0) is 10.8. The second-order valence-corrected chi connectivity index (χ2v) is 3.33. The minimum absolute atomic E-state index is 0.282. The zero-order valence-electron chi connectivity index (χ0n) is 8.22. The van der Waals surface area contributed by atoms with E-state index in [1.165, 1.54) is 6.07 Å². The molecule has 2 aromatic rings. The molecule has 0 aliphatic carbocycles. The Morgan fingerprint density at radius 3 is 2.60 bits per heavy atom. The van der Waals surface area contributed by atoms with Crippen molar-refractivity contribution in [3.63, 3.8) is 0 Å². The highest BCUT2D eigenvalue weighted by molar-refractivity contribution is 5.67. The van der Waals surface area contributed by atoms with Gasteiger partial charge in [-0.3, -0.25) is 0 Å². The van der Waals surface area contributed by atoms with Gasteiger partial charge in [0.05, 0.1) is 0 Å². The molecule has 2 rings (SSSR count). The maximum absolute atomic E-state index is 13.5. The van der Waals surface area contributed by atoms with Crippen molar-refractivity contribution in [3.05, 3.63) is 59.7 Å². The fourth-order valence-corrected chi connectivity index (χ4v) is 1.52. The van der Waals surface area contributed by atoms with Crippen LogP contribution in [-0.4, -0.2) is 0 Å². The average Bonchev–Trinajstić information content (AvgIpc) is 2.23. The van der Waals surface area contributed by atoms with Crippen LogP contribution in [0.2, 0.25) is 0 Å². The molecule has 0 atom stereocenters. The van der Waals surface area contributed by atoms with E-state index in [1.807, 2.05) is 6.92 Å². The van der Waals surface area contributed by atoms with Crippen molar-refractivity contribution in [1.29, 1.82) is 0 Å². The molecule has 1 radical (unpaired) electrons. The molecule has 0 nitrogen and oxygen atoms in total. The molecule has 0 spiro atoms. The van der Waals surface area contributed by atoms with Crippen molar-refractivity contribution < 1.29 is 8.78 Å². The number of aryl methyl sites for hydroxylation is 1. The molecule has 0 aliphatic heterocycles. The van der Waals surface area contributed by atoms with Gasteiger partial charge in [-0.1, -0.05) is 18.2 Å². The quantitative estimate of drug-likeness (QED) is 0.662. The number of hydrogen-bond donors (Lipinski definition) is 0. The van der Waals surface area contributed by atoms with E-state index in [0.717, 1.165) is 17.7 Å². The van der Waals surface area contributed by atoms with Crippen LogP contribution in [0.5, 0.6) is 0 Å². The first-order valence-corrected chi connectivity index (χ1v) is 4.61. The topological polar surface area (TPSA) is 0 Å². The zero-order valence-corrected chi connectivity index (χ0v) is 8.22. The molecule has 75 valence electrons. The van der Waals surface area contributed by atoms with Crippen LogP contribution in [0.15, 0.2) is 36.4 Å². The SMILES string of the molecule is Cc1[c]cccc1-c1cc(F)ccc1F. The molecule has 0 unspecified atom stereocenters. The van der Waals surface area contributed by atoms with Gasteiger partial charge in [0.2, 0.25) is 0 Å². The summed E-state index contributed by atoms with van der Waals surface area (Å²) in [6, 6.07) is 11.7. The molecular weight excluding hydrogens is 194 g/mol. The summed E-state index contributed by atoms with van der Waals surface area (Å²) in [5.74, 6) is -0.853. The Labute approximate surface area is 87.2 Å². The van der Waals surface area contributed by atoms with Gasteiger partial charge in [0, 0.05) is 5.56 Å². The minimum Gasteiger partial charge on any atom is -0.207 e. The van der Waals surface area contributed by atoms with Gasteiger partial charge in [-0.2, -0.15) is 0 Å². The first-order chi connectivity index (χ1) is 7.18. The predicted molar refractivity (Wildman–Crippen MR) is 55.4 cm³/mol. The van der Waals surface area contributed by atoms with E-state index in [4.69, 9.17) is 0 Å². The number of halogens is 2. The number of rotatable bonds is 1. The molecule has 0 heterocycles. The predicted octanol–water partition coefficient (Wildman–Crippen LogP) is 3.74. The Hall–Kier alpha value is -1.70. The second kappa shape index (κ2) is 3.81. The summed E-state index contributed by atoms with van der Waals surface area (Å²) in [5.41, 5.74) is 1.76. The van der Waals surface area contributed by atoms with Crippen molar-refractivity contribution in [1.82, 2.24) is 0 Å².